The van der Waals surface area contributed by atoms with Crippen molar-refractivity contribution in [2.75, 3.05) is 20.6 Å². The first kappa shape index (κ1) is 41.6. The third kappa shape index (κ3) is 12.7. The van der Waals surface area contributed by atoms with Crippen LogP contribution in [0.4, 0.5) is 0 Å². The van der Waals surface area contributed by atoms with Crippen molar-refractivity contribution in [3.05, 3.63) is 52.0 Å². The van der Waals surface area contributed by atoms with Gasteiger partial charge in [-0.1, -0.05) is 65.0 Å². The lowest BCUT2D eigenvalue weighted by Gasteiger charge is -2.36. The van der Waals surface area contributed by atoms with Gasteiger partial charge in [-0.05, 0) is 69.5 Å². The Labute approximate surface area is 306 Å². The summed E-state index contributed by atoms with van der Waals surface area (Å²) in [5, 5.41) is 17.6. The zero-order chi connectivity index (χ0) is 37.8. The summed E-state index contributed by atoms with van der Waals surface area (Å²) in [5.74, 6) is -2.64. The SMILES string of the molecule is CC(=O)OC(CC(C(C)C)N(C)C(=O)C(CCC(C)C)NC(=O)[C@H]1CCCN1C)c1nc(C(=O)NC(Cc2ccccc2)CC(C)C(=O)O)cs1. The van der Waals surface area contributed by atoms with E-state index >= 15 is 0 Å². The quantitative estimate of drug-likeness (QED) is 0.168. The monoisotopic (exact) mass is 727 g/mol. The van der Waals surface area contributed by atoms with E-state index in [0.29, 0.717) is 23.8 Å². The van der Waals surface area contributed by atoms with E-state index in [1.807, 2.05) is 56.1 Å². The number of ether oxygens (including phenoxy) is 1. The average Bonchev–Trinajstić information content (AvgIpc) is 3.74. The Bertz CT molecular complexity index is 1470. The molecule has 0 bridgehead atoms. The summed E-state index contributed by atoms with van der Waals surface area (Å²) in [5.41, 5.74) is 1.09. The molecule has 1 aliphatic heterocycles. The van der Waals surface area contributed by atoms with Gasteiger partial charge in [0.25, 0.3) is 5.91 Å². The number of amides is 3. The number of thiazole rings is 1. The minimum atomic E-state index is -0.944. The first-order chi connectivity index (χ1) is 24.1. The molecule has 1 aromatic carbocycles. The van der Waals surface area contributed by atoms with Crippen LogP contribution in [0.15, 0.2) is 35.7 Å². The molecular weight excluding hydrogens is 671 g/mol. The second-order valence-electron chi connectivity index (χ2n) is 14.7. The number of nitrogens with one attached hydrogen (secondary N) is 2. The number of benzene rings is 1. The maximum Gasteiger partial charge on any atom is 0.306 e. The number of carboxylic acid groups (broad SMARTS) is 1. The Hall–Kier alpha value is -3.84. The maximum atomic E-state index is 14.1. The van der Waals surface area contributed by atoms with E-state index in [2.05, 4.69) is 29.5 Å². The number of carboxylic acids is 1. The number of likely N-dealkylation sites (tertiary alicyclic amines) is 1. The Morgan fingerprint density at radius 1 is 1.04 bits per heavy atom. The van der Waals surface area contributed by atoms with E-state index in [4.69, 9.17) is 4.74 Å². The number of hydrogen-bond donors (Lipinski definition) is 3. The fourth-order valence-electron chi connectivity index (χ4n) is 6.59. The molecule has 12 nitrogen and oxygen atoms in total. The molecule has 2 aromatic rings. The van der Waals surface area contributed by atoms with Gasteiger partial charge in [0.2, 0.25) is 11.8 Å². The van der Waals surface area contributed by atoms with Crippen molar-refractivity contribution in [3.8, 4) is 0 Å². The number of aliphatic carboxylic acids is 1. The summed E-state index contributed by atoms with van der Waals surface area (Å²) >= 11 is 1.18. The molecule has 0 saturated carbocycles. The number of likely N-dealkylation sites (N-methyl/N-ethyl adjacent to an activating group) is 2. The first-order valence-electron chi connectivity index (χ1n) is 18.0. The molecule has 3 amide bonds. The molecule has 3 N–H and O–H groups in total. The highest BCUT2D eigenvalue weighted by atomic mass is 32.1. The smallest absolute Gasteiger partial charge is 0.306 e. The Balaban J connectivity index is 1.80. The van der Waals surface area contributed by atoms with Crippen molar-refractivity contribution >= 4 is 41.0 Å². The minimum Gasteiger partial charge on any atom is -0.481 e. The van der Waals surface area contributed by atoms with Crippen LogP contribution in [-0.2, 0) is 30.3 Å². The predicted molar refractivity (Wildman–Crippen MR) is 197 cm³/mol. The molecular formula is C38H57N5O7S. The molecule has 0 spiro atoms. The molecule has 13 heteroatoms. The Kier molecular flexibility index (Phi) is 16.0. The second kappa shape index (κ2) is 19.7. The lowest BCUT2D eigenvalue weighted by atomic mass is 9.94. The van der Waals surface area contributed by atoms with Gasteiger partial charge in [0.1, 0.15) is 16.7 Å². The number of hydrogen-bond acceptors (Lipinski definition) is 9. The largest absolute Gasteiger partial charge is 0.481 e. The number of nitrogens with zero attached hydrogens (tertiary/aromatic N) is 3. The summed E-state index contributed by atoms with van der Waals surface area (Å²) in [4.78, 5) is 73.1. The predicted octanol–water partition coefficient (Wildman–Crippen LogP) is 5.09. The molecule has 1 aliphatic rings. The molecule has 51 heavy (non-hydrogen) atoms. The first-order valence-corrected chi connectivity index (χ1v) is 18.9. The van der Waals surface area contributed by atoms with Crippen LogP contribution in [0.25, 0.3) is 0 Å². The van der Waals surface area contributed by atoms with Gasteiger partial charge in [-0.15, -0.1) is 11.3 Å². The molecule has 1 saturated heterocycles. The van der Waals surface area contributed by atoms with Crippen LogP contribution in [0, 0.1) is 17.8 Å². The van der Waals surface area contributed by atoms with Crippen molar-refractivity contribution in [1.29, 1.82) is 0 Å². The zero-order valence-corrected chi connectivity index (χ0v) is 32.2. The molecule has 1 fully saturated rings. The van der Waals surface area contributed by atoms with Gasteiger partial charge < -0.3 is 25.4 Å². The van der Waals surface area contributed by atoms with Gasteiger partial charge >= 0.3 is 11.9 Å². The topological polar surface area (TPSA) is 158 Å². The van der Waals surface area contributed by atoms with Crippen LogP contribution < -0.4 is 10.6 Å². The van der Waals surface area contributed by atoms with Crippen molar-refractivity contribution in [2.24, 2.45) is 17.8 Å². The summed E-state index contributed by atoms with van der Waals surface area (Å²) in [6.07, 6.45) is 3.03. The minimum absolute atomic E-state index is 0.0443. The third-order valence-corrected chi connectivity index (χ3v) is 10.5. The Morgan fingerprint density at radius 3 is 2.29 bits per heavy atom. The van der Waals surface area contributed by atoms with E-state index in [-0.39, 0.29) is 48.4 Å². The molecule has 1 aromatic heterocycles. The van der Waals surface area contributed by atoms with Crippen LogP contribution >= 0.6 is 11.3 Å². The lowest BCUT2D eigenvalue weighted by Crippen LogP contribution is -2.54. The van der Waals surface area contributed by atoms with E-state index in [1.54, 1.807) is 24.3 Å². The second-order valence-corrected chi connectivity index (χ2v) is 15.6. The van der Waals surface area contributed by atoms with Gasteiger partial charge in [-0.2, -0.15) is 0 Å². The van der Waals surface area contributed by atoms with Crippen LogP contribution in [0.1, 0.15) is 107 Å². The fraction of sp³-hybridized carbons (Fsp3) is 0.632. The molecule has 5 unspecified atom stereocenters. The van der Waals surface area contributed by atoms with Gasteiger partial charge in [0.15, 0.2) is 6.10 Å². The molecule has 282 valence electrons. The molecule has 3 rings (SSSR count). The highest BCUT2D eigenvalue weighted by Gasteiger charge is 2.36. The van der Waals surface area contributed by atoms with Crippen LogP contribution in [-0.4, -0.2) is 94.4 Å². The maximum absolute atomic E-state index is 14.1. The van der Waals surface area contributed by atoms with Crippen LogP contribution in [0.3, 0.4) is 0 Å². The van der Waals surface area contributed by atoms with E-state index in [1.165, 1.54) is 18.3 Å². The zero-order valence-electron chi connectivity index (χ0n) is 31.4. The number of esters is 1. The Morgan fingerprint density at radius 2 is 1.73 bits per heavy atom. The van der Waals surface area contributed by atoms with E-state index in [9.17, 15) is 29.1 Å². The highest BCUT2D eigenvalue weighted by Crippen LogP contribution is 2.31. The summed E-state index contributed by atoms with van der Waals surface area (Å²) < 4.78 is 5.76. The number of rotatable bonds is 19. The van der Waals surface area contributed by atoms with Crippen LogP contribution in [0.2, 0.25) is 0 Å². The standard InChI is InChI=1S/C38H57N5O7S/c1-23(2)16-17-29(40-35(46)31-15-12-18-42(31)7)37(47)43(8)32(24(3)4)21-33(50-26(6)44)36-41-30(22-51-36)34(45)39-28(19-25(5)38(48)49)20-27-13-10-9-11-14-27/h9-11,13-14,22-25,28-29,31-33H,12,15-21H2,1-8H3,(H,39,45)(H,40,46)(H,48,49)/t25?,28?,29?,31-,32?,33?/m1/s1. The summed E-state index contributed by atoms with van der Waals surface area (Å²) in [7, 11) is 3.65. The van der Waals surface area contributed by atoms with Crippen molar-refractivity contribution in [2.45, 2.75) is 117 Å². The number of carbonyl (C=O) groups excluding carboxylic acids is 4. The van der Waals surface area contributed by atoms with Crippen molar-refractivity contribution in [1.82, 2.24) is 25.4 Å². The highest BCUT2D eigenvalue weighted by molar-refractivity contribution is 7.09. The molecule has 0 aliphatic carbocycles. The van der Waals surface area contributed by atoms with Crippen LogP contribution in [0.5, 0.6) is 0 Å². The molecule has 2 heterocycles. The summed E-state index contributed by atoms with van der Waals surface area (Å²) in [6, 6.07) is 7.73. The summed E-state index contributed by atoms with van der Waals surface area (Å²) in [6.45, 7) is 11.9. The normalized spacial score (nSPS) is 17.7. The van der Waals surface area contributed by atoms with E-state index in [0.717, 1.165) is 31.4 Å². The van der Waals surface area contributed by atoms with Gasteiger partial charge in [0.05, 0.1) is 12.0 Å². The number of carbonyl (C=O) groups is 5. The average molecular weight is 728 g/mol. The third-order valence-electron chi connectivity index (χ3n) is 9.60. The van der Waals surface area contributed by atoms with Gasteiger partial charge in [-0.3, -0.25) is 28.9 Å². The number of aromatic nitrogens is 1. The van der Waals surface area contributed by atoms with E-state index < -0.39 is 42.0 Å². The van der Waals surface area contributed by atoms with Gasteiger partial charge in [0, 0.05) is 37.9 Å². The molecule has 0 radical (unpaired) electrons. The molecule has 6 atom stereocenters. The van der Waals surface area contributed by atoms with Crippen molar-refractivity contribution < 1.29 is 33.8 Å². The lowest BCUT2D eigenvalue weighted by molar-refractivity contribution is -0.149. The fourth-order valence-corrected chi connectivity index (χ4v) is 7.43. The van der Waals surface area contributed by atoms with Gasteiger partial charge in [-0.25, -0.2) is 4.98 Å². The van der Waals surface area contributed by atoms with Crippen molar-refractivity contribution in [3.63, 3.8) is 0 Å².